The zero-order chi connectivity index (χ0) is 14.3. The van der Waals surface area contributed by atoms with Crippen LogP contribution in [0.2, 0.25) is 0 Å². The number of benzene rings is 1. The molecule has 3 nitrogen and oxygen atoms in total. The van der Waals surface area contributed by atoms with Crippen molar-refractivity contribution in [3.05, 3.63) is 29.8 Å². The molecule has 0 bridgehead atoms. The highest BCUT2D eigenvalue weighted by Gasteiger charge is 2.17. The zero-order valence-electron chi connectivity index (χ0n) is 12.3. The first-order valence-corrected chi connectivity index (χ1v) is 7.28. The van der Waals surface area contributed by atoms with Gasteiger partial charge < -0.3 is 10.0 Å². The van der Waals surface area contributed by atoms with E-state index in [1.54, 1.807) is 6.07 Å². The topological polar surface area (TPSA) is 43.7 Å². The molecule has 0 radical (unpaired) electrons. The molecule has 4 heteroatoms. The molecule has 106 valence electrons. The van der Waals surface area contributed by atoms with E-state index in [-0.39, 0.29) is 0 Å². The van der Waals surface area contributed by atoms with Crippen LogP contribution in [0.1, 0.15) is 39.2 Å². The van der Waals surface area contributed by atoms with Crippen molar-refractivity contribution in [2.45, 2.75) is 40.2 Å². The Morgan fingerprint density at radius 2 is 1.74 bits per heavy atom. The third-order valence-electron chi connectivity index (χ3n) is 3.85. The number of hydrogen-bond donors (Lipinski definition) is 2. The molecule has 0 aliphatic heterocycles. The van der Waals surface area contributed by atoms with E-state index in [0.29, 0.717) is 11.4 Å². The second-order valence-corrected chi connectivity index (χ2v) is 5.08. The molecule has 0 spiro atoms. The normalized spacial score (nSPS) is 11.3. The van der Waals surface area contributed by atoms with Crippen LogP contribution in [0, 0.1) is 5.92 Å². The largest absolute Gasteiger partial charge is 0.488 e. The first kappa shape index (κ1) is 16.2. The van der Waals surface area contributed by atoms with Gasteiger partial charge >= 0.3 is 7.12 Å². The number of nitrogens with zero attached hydrogens (tertiary/aromatic N) is 1. The van der Waals surface area contributed by atoms with Crippen molar-refractivity contribution >= 4 is 12.6 Å². The summed E-state index contributed by atoms with van der Waals surface area (Å²) in [4.78, 5) is 2.37. The van der Waals surface area contributed by atoms with E-state index in [2.05, 4.69) is 25.7 Å². The molecule has 0 atom stereocenters. The maximum absolute atomic E-state index is 9.40. The molecule has 0 heterocycles. The van der Waals surface area contributed by atoms with Gasteiger partial charge in [-0.15, -0.1) is 0 Å². The molecule has 1 rings (SSSR count). The van der Waals surface area contributed by atoms with Crippen molar-refractivity contribution < 1.29 is 10.0 Å². The number of hydrogen-bond acceptors (Lipinski definition) is 3. The van der Waals surface area contributed by atoms with Gasteiger partial charge in [0.25, 0.3) is 0 Å². The molecule has 0 saturated heterocycles. The summed E-state index contributed by atoms with van der Waals surface area (Å²) in [6, 6.07) is 7.55. The summed E-state index contributed by atoms with van der Waals surface area (Å²) in [7, 11) is -1.39. The van der Waals surface area contributed by atoms with E-state index in [9.17, 15) is 10.0 Å². The predicted molar refractivity (Wildman–Crippen MR) is 81.3 cm³/mol. The molecular formula is C15H26BNO2. The maximum atomic E-state index is 9.40. The van der Waals surface area contributed by atoms with Gasteiger partial charge in [0, 0.05) is 13.1 Å². The van der Waals surface area contributed by atoms with Gasteiger partial charge in [0.15, 0.2) is 0 Å². The summed E-state index contributed by atoms with van der Waals surface area (Å²) < 4.78 is 0. The fourth-order valence-corrected chi connectivity index (χ4v) is 2.39. The van der Waals surface area contributed by atoms with Crippen molar-refractivity contribution in [1.29, 1.82) is 0 Å². The van der Waals surface area contributed by atoms with Gasteiger partial charge in [-0.2, -0.15) is 0 Å². The van der Waals surface area contributed by atoms with E-state index < -0.39 is 7.12 Å². The Labute approximate surface area is 117 Å². The van der Waals surface area contributed by atoms with Gasteiger partial charge in [0.1, 0.15) is 0 Å². The molecule has 1 aromatic carbocycles. The van der Waals surface area contributed by atoms with Gasteiger partial charge in [-0.25, -0.2) is 0 Å². The van der Waals surface area contributed by atoms with E-state index in [0.717, 1.165) is 25.2 Å². The maximum Gasteiger partial charge on any atom is 0.488 e. The Hall–Kier alpha value is -0.835. The lowest BCUT2D eigenvalue weighted by Crippen LogP contribution is -2.37. The minimum atomic E-state index is -1.39. The quantitative estimate of drug-likeness (QED) is 0.700. The minimum absolute atomic E-state index is 0.616. The Kier molecular flexibility index (Phi) is 7.14. The second-order valence-electron chi connectivity index (χ2n) is 5.08. The molecule has 0 aliphatic carbocycles. The average Bonchev–Trinajstić information content (AvgIpc) is 2.43. The lowest BCUT2D eigenvalue weighted by molar-refractivity contribution is 0.226. The van der Waals surface area contributed by atoms with E-state index in [1.165, 1.54) is 12.8 Å². The smallest absolute Gasteiger partial charge is 0.423 e. The molecule has 2 N–H and O–H groups in total. The highest BCUT2D eigenvalue weighted by atomic mass is 16.4. The fourth-order valence-electron chi connectivity index (χ4n) is 2.39. The highest BCUT2D eigenvalue weighted by molar-refractivity contribution is 6.59. The fraction of sp³-hybridized carbons (Fsp3) is 0.600. The minimum Gasteiger partial charge on any atom is -0.423 e. The lowest BCUT2D eigenvalue weighted by atomic mass is 9.77. The van der Waals surface area contributed by atoms with Crippen molar-refractivity contribution in [2.24, 2.45) is 5.92 Å². The van der Waals surface area contributed by atoms with Crippen LogP contribution in [0.5, 0.6) is 0 Å². The van der Waals surface area contributed by atoms with E-state index >= 15 is 0 Å². The van der Waals surface area contributed by atoms with Crippen molar-refractivity contribution in [3.8, 4) is 0 Å². The van der Waals surface area contributed by atoms with Crippen molar-refractivity contribution in [2.75, 3.05) is 13.1 Å². The molecule has 0 aromatic heterocycles. The predicted octanol–water partition coefficient (Wildman–Crippen LogP) is 1.62. The van der Waals surface area contributed by atoms with Crippen LogP contribution < -0.4 is 5.46 Å². The number of rotatable bonds is 8. The SMILES string of the molecule is CCC(CC)CN(CC)Cc1ccccc1B(O)O. The molecule has 0 amide bonds. The van der Waals surface area contributed by atoms with Gasteiger partial charge in [-0.05, 0) is 23.5 Å². The van der Waals surface area contributed by atoms with Crippen molar-refractivity contribution in [1.82, 2.24) is 4.90 Å². The van der Waals surface area contributed by atoms with Gasteiger partial charge in [0.05, 0.1) is 0 Å². The Bertz CT molecular complexity index is 367. The summed E-state index contributed by atoms with van der Waals surface area (Å²) in [6.45, 7) is 9.44. The molecule has 0 fully saturated rings. The van der Waals surface area contributed by atoms with Crippen LogP contribution >= 0.6 is 0 Å². The van der Waals surface area contributed by atoms with Crippen LogP contribution in [-0.2, 0) is 6.54 Å². The second kappa shape index (κ2) is 8.36. The van der Waals surface area contributed by atoms with Gasteiger partial charge in [-0.3, -0.25) is 4.90 Å². The molecule has 19 heavy (non-hydrogen) atoms. The highest BCUT2D eigenvalue weighted by Crippen LogP contribution is 2.12. The third-order valence-corrected chi connectivity index (χ3v) is 3.85. The van der Waals surface area contributed by atoms with Crippen LogP contribution in [0.3, 0.4) is 0 Å². The summed E-state index contributed by atoms with van der Waals surface area (Å²) in [5.41, 5.74) is 1.62. The summed E-state index contributed by atoms with van der Waals surface area (Å²) in [5, 5.41) is 18.8. The molecule has 0 unspecified atom stereocenters. The Morgan fingerprint density at radius 1 is 1.11 bits per heavy atom. The third kappa shape index (κ3) is 4.98. The molecule has 0 aliphatic rings. The summed E-state index contributed by atoms with van der Waals surface area (Å²) in [6.07, 6.45) is 2.38. The van der Waals surface area contributed by atoms with Crippen LogP contribution in [0.15, 0.2) is 24.3 Å². The zero-order valence-corrected chi connectivity index (χ0v) is 12.3. The van der Waals surface area contributed by atoms with Crippen molar-refractivity contribution in [3.63, 3.8) is 0 Å². The molecular weight excluding hydrogens is 237 g/mol. The standard InChI is InChI=1S/C15H26BNO2/c1-4-13(5-2)11-17(6-3)12-14-9-7-8-10-15(14)16(18)19/h7-10,13,18-19H,4-6,11-12H2,1-3H3. The summed E-state index contributed by atoms with van der Waals surface area (Å²) in [5.74, 6) is 0.714. The van der Waals surface area contributed by atoms with E-state index in [4.69, 9.17) is 0 Å². The van der Waals surface area contributed by atoms with Crippen LogP contribution in [0.4, 0.5) is 0 Å². The van der Waals surface area contributed by atoms with Gasteiger partial charge in [0.2, 0.25) is 0 Å². The Balaban J connectivity index is 2.75. The van der Waals surface area contributed by atoms with Crippen LogP contribution in [-0.4, -0.2) is 35.2 Å². The summed E-state index contributed by atoms with van der Waals surface area (Å²) >= 11 is 0. The van der Waals surface area contributed by atoms with Gasteiger partial charge in [-0.1, -0.05) is 57.9 Å². The van der Waals surface area contributed by atoms with E-state index in [1.807, 2.05) is 18.2 Å². The monoisotopic (exact) mass is 263 g/mol. The average molecular weight is 263 g/mol. The van der Waals surface area contributed by atoms with Crippen LogP contribution in [0.25, 0.3) is 0 Å². The molecule has 0 saturated carbocycles. The lowest BCUT2D eigenvalue weighted by Gasteiger charge is -2.26. The Morgan fingerprint density at radius 3 is 2.26 bits per heavy atom. The molecule has 1 aromatic rings. The first-order chi connectivity index (χ1) is 9.12. The first-order valence-electron chi connectivity index (χ1n) is 7.28.